The van der Waals surface area contributed by atoms with Crippen molar-refractivity contribution in [3.05, 3.63) is 17.5 Å². The van der Waals surface area contributed by atoms with E-state index in [4.69, 9.17) is 4.74 Å². The summed E-state index contributed by atoms with van der Waals surface area (Å²) in [6.45, 7) is 0.916. The van der Waals surface area contributed by atoms with Crippen molar-refractivity contribution >= 4 is 0 Å². The van der Waals surface area contributed by atoms with Crippen LogP contribution in [0, 0.1) is 0 Å². The summed E-state index contributed by atoms with van der Waals surface area (Å²) in [4.78, 5) is 7.94. The molecule has 0 atom stereocenters. The Hall–Kier alpha value is -1.30. The zero-order valence-corrected chi connectivity index (χ0v) is 8.04. The van der Waals surface area contributed by atoms with Gasteiger partial charge >= 0.3 is 6.01 Å². The van der Waals surface area contributed by atoms with Crippen LogP contribution in [0.15, 0.2) is 6.20 Å². The highest BCUT2D eigenvalue weighted by Gasteiger charge is 2.12. The lowest BCUT2D eigenvalue weighted by atomic mass is 10.1. The summed E-state index contributed by atoms with van der Waals surface area (Å²) >= 11 is 0. The van der Waals surface area contributed by atoms with Crippen LogP contribution in [-0.2, 0) is 13.0 Å². The van der Waals surface area contributed by atoms with Gasteiger partial charge in [0.25, 0.3) is 6.43 Å². The maximum atomic E-state index is 11.9. The Morgan fingerprint density at radius 3 is 3.20 bits per heavy atom. The first-order chi connectivity index (χ1) is 7.25. The van der Waals surface area contributed by atoms with Gasteiger partial charge in [0.2, 0.25) is 0 Å². The van der Waals surface area contributed by atoms with Crippen LogP contribution >= 0.6 is 0 Å². The third-order valence-corrected chi connectivity index (χ3v) is 2.12. The summed E-state index contributed by atoms with van der Waals surface area (Å²) in [6, 6.07) is 0.0379. The Morgan fingerprint density at radius 2 is 2.40 bits per heavy atom. The quantitative estimate of drug-likeness (QED) is 0.808. The van der Waals surface area contributed by atoms with E-state index in [-0.39, 0.29) is 6.01 Å². The number of rotatable bonds is 3. The largest absolute Gasteiger partial charge is 0.457 e. The molecule has 6 heteroatoms. The molecule has 2 heterocycles. The highest BCUT2D eigenvalue weighted by Crippen LogP contribution is 2.13. The van der Waals surface area contributed by atoms with Crippen LogP contribution in [0.25, 0.3) is 0 Å². The fraction of sp³-hybridized carbons (Fsp3) is 0.556. The minimum absolute atomic E-state index is 0.0379. The number of ether oxygens (including phenoxy) is 1. The number of fused-ring (bicyclic) bond motifs is 1. The Labute approximate surface area is 85.7 Å². The van der Waals surface area contributed by atoms with Gasteiger partial charge in [-0.3, -0.25) is 0 Å². The van der Waals surface area contributed by atoms with Crippen LogP contribution in [0.2, 0.25) is 0 Å². The third-order valence-electron chi connectivity index (χ3n) is 2.12. The molecule has 4 nitrogen and oxygen atoms in total. The SMILES string of the molecule is FC(F)COc1ncc2c(n1)CCNC2. The molecular weight excluding hydrogens is 204 g/mol. The lowest BCUT2D eigenvalue weighted by Crippen LogP contribution is -2.25. The van der Waals surface area contributed by atoms with Gasteiger partial charge in [0.15, 0.2) is 6.61 Å². The summed E-state index contributed by atoms with van der Waals surface area (Å²) in [5, 5.41) is 3.17. The van der Waals surface area contributed by atoms with Gasteiger partial charge in [-0.05, 0) is 0 Å². The van der Waals surface area contributed by atoms with E-state index in [0.717, 1.165) is 30.8 Å². The van der Waals surface area contributed by atoms with Gasteiger partial charge in [-0.2, -0.15) is 4.98 Å². The van der Waals surface area contributed by atoms with Gasteiger partial charge < -0.3 is 10.1 Å². The molecule has 1 aromatic rings. The lowest BCUT2D eigenvalue weighted by molar-refractivity contribution is 0.0768. The van der Waals surface area contributed by atoms with Crippen molar-refractivity contribution in [2.24, 2.45) is 0 Å². The second-order valence-corrected chi connectivity index (χ2v) is 3.25. The molecule has 0 aromatic carbocycles. The number of aromatic nitrogens is 2. The van der Waals surface area contributed by atoms with Gasteiger partial charge in [-0.15, -0.1) is 0 Å². The first kappa shape index (κ1) is 10.2. The van der Waals surface area contributed by atoms with Gasteiger partial charge in [0.05, 0.1) is 5.69 Å². The molecule has 82 valence electrons. The maximum Gasteiger partial charge on any atom is 0.316 e. The molecule has 0 bridgehead atoms. The van der Waals surface area contributed by atoms with E-state index in [1.807, 2.05) is 0 Å². The number of halogens is 2. The second kappa shape index (κ2) is 4.48. The topological polar surface area (TPSA) is 47.0 Å². The van der Waals surface area contributed by atoms with E-state index >= 15 is 0 Å². The predicted molar refractivity (Wildman–Crippen MR) is 48.9 cm³/mol. The minimum atomic E-state index is -2.49. The molecule has 0 spiro atoms. The number of hydrogen-bond acceptors (Lipinski definition) is 4. The first-order valence-corrected chi connectivity index (χ1v) is 4.72. The van der Waals surface area contributed by atoms with Gasteiger partial charge in [0.1, 0.15) is 0 Å². The molecule has 0 radical (unpaired) electrons. The molecule has 1 aromatic heterocycles. The molecule has 1 aliphatic rings. The van der Waals surface area contributed by atoms with E-state index in [0.29, 0.717) is 0 Å². The summed E-state index contributed by atoms with van der Waals surface area (Å²) in [6.07, 6.45) is -0.0932. The Bertz CT molecular complexity index is 346. The maximum absolute atomic E-state index is 11.9. The number of nitrogens with zero attached hydrogens (tertiary/aromatic N) is 2. The first-order valence-electron chi connectivity index (χ1n) is 4.72. The predicted octanol–water partition coefficient (Wildman–Crippen LogP) is 0.766. The molecular formula is C9H11F2N3O. The van der Waals surface area contributed by atoms with Crippen molar-refractivity contribution in [3.8, 4) is 6.01 Å². The Morgan fingerprint density at radius 1 is 1.53 bits per heavy atom. The fourth-order valence-electron chi connectivity index (χ4n) is 1.42. The molecule has 15 heavy (non-hydrogen) atoms. The van der Waals surface area contributed by atoms with E-state index < -0.39 is 13.0 Å². The Balaban J connectivity index is 2.07. The van der Waals surface area contributed by atoms with Crippen molar-refractivity contribution in [2.45, 2.75) is 19.4 Å². The molecule has 2 rings (SSSR count). The van der Waals surface area contributed by atoms with Crippen molar-refractivity contribution < 1.29 is 13.5 Å². The van der Waals surface area contributed by atoms with Crippen molar-refractivity contribution in [1.82, 2.24) is 15.3 Å². The van der Waals surface area contributed by atoms with Crippen LogP contribution in [0.5, 0.6) is 6.01 Å². The van der Waals surface area contributed by atoms with Crippen LogP contribution in [0.4, 0.5) is 8.78 Å². The third kappa shape index (κ3) is 2.59. The molecule has 0 unspecified atom stereocenters. The van der Waals surface area contributed by atoms with Crippen LogP contribution in [0.1, 0.15) is 11.3 Å². The normalized spacial score (nSPS) is 15.1. The highest BCUT2D eigenvalue weighted by molar-refractivity contribution is 5.21. The van der Waals surface area contributed by atoms with Crippen LogP contribution in [-0.4, -0.2) is 29.5 Å². The smallest absolute Gasteiger partial charge is 0.316 e. The number of hydrogen-bond donors (Lipinski definition) is 1. The summed E-state index contributed by atoms with van der Waals surface area (Å²) in [5.41, 5.74) is 1.89. The van der Waals surface area contributed by atoms with Gasteiger partial charge in [-0.25, -0.2) is 13.8 Å². The minimum Gasteiger partial charge on any atom is -0.457 e. The van der Waals surface area contributed by atoms with E-state index in [9.17, 15) is 8.78 Å². The molecule has 0 amide bonds. The molecule has 0 fully saturated rings. The Kier molecular flexibility index (Phi) is 3.05. The molecule has 0 saturated heterocycles. The standard InChI is InChI=1S/C9H11F2N3O/c10-8(11)5-15-9-13-4-6-3-12-2-1-7(6)14-9/h4,8,12H,1-3,5H2. The van der Waals surface area contributed by atoms with Gasteiger partial charge in [-0.1, -0.05) is 0 Å². The van der Waals surface area contributed by atoms with E-state index in [1.54, 1.807) is 6.20 Å². The zero-order chi connectivity index (χ0) is 10.7. The van der Waals surface area contributed by atoms with Crippen LogP contribution in [0.3, 0.4) is 0 Å². The second-order valence-electron chi connectivity index (χ2n) is 3.25. The molecule has 1 aliphatic heterocycles. The zero-order valence-electron chi connectivity index (χ0n) is 8.04. The van der Waals surface area contributed by atoms with E-state index in [1.165, 1.54) is 0 Å². The number of alkyl halides is 2. The summed E-state index contributed by atoms with van der Waals surface area (Å²) < 4.78 is 28.5. The lowest BCUT2D eigenvalue weighted by Gasteiger charge is -2.15. The summed E-state index contributed by atoms with van der Waals surface area (Å²) in [5.74, 6) is 0. The average molecular weight is 215 g/mol. The van der Waals surface area contributed by atoms with Crippen molar-refractivity contribution in [1.29, 1.82) is 0 Å². The van der Waals surface area contributed by atoms with Gasteiger partial charge in [0, 0.05) is 31.3 Å². The fourth-order valence-corrected chi connectivity index (χ4v) is 1.42. The number of nitrogens with one attached hydrogen (secondary N) is 1. The van der Waals surface area contributed by atoms with Crippen molar-refractivity contribution in [2.75, 3.05) is 13.2 Å². The molecule has 0 saturated carbocycles. The monoisotopic (exact) mass is 215 g/mol. The van der Waals surface area contributed by atoms with Crippen molar-refractivity contribution in [3.63, 3.8) is 0 Å². The summed E-state index contributed by atoms with van der Waals surface area (Å²) in [7, 11) is 0. The molecule has 0 aliphatic carbocycles. The average Bonchev–Trinajstić information content (AvgIpc) is 2.26. The van der Waals surface area contributed by atoms with E-state index in [2.05, 4.69) is 15.3 Å². The molecule has 1 N–H and O–H groups in total. The highest BCUT2D eigenvalue weighted by atomic mass is 19.3. The van der Waals surface area contributed by atoms with Crippen LogP contribution < -0.4 is 10.1 Å².